The Labute approximate surface area is 91.8 Å². The SMILES string of the molecule is CNC(=O)NC1C(O)OC(CO)C(O)C1O. The molecule has 5 atom stereocenters. The number of hydrogen-bond donors (Lipinski definition) is 6. The first-order valence-corrected chi connectivity index (χ1v) is 4.80. The average Bonchev–Trinajstić information content (AvgIpc) is 2.28. The van der Waals surface area contributed by atoms with E-state index in [9.17, 15) is 20.1 Å². The fraction of sp³-hybridized carbons (Fsp3) is 0.875. The highest BCUT2D eigenvalue weighted by Crippen LogP contribution is 2.19. The second-order valence-electron chi connectivity index (χ2n) is 3.48. The highest BCUT2D eigenvalue weighted by atomic mass is 16.6. The molecule has 0 aliphatic carbocycles. The van der Waals surface area contributed by atoms with Gasteiger partial charge >= 0.3 is 6.03 Å². The zero-order valence-electron chi connectivity index (χ0n) is 8.70. The van der Waals surface area contributed by atoms with Crippen LogP contribution in [0.4, 0.5) is 4.79 Å². The molecular formula is C8H16N2O6. The Morgan fingerprint density at radius 2 is 1.94 bits per heavy atom. The van der Waals surface area contributed by atoms with Crippen LogP contribution in [0.1, 0.15) is 0 Å². The highest BCUT2D eigenvalue weighted by molar-refractivity contribution is 5.73. The van der Waals surface area contributed by atoms with Crippen LogP contribution in [0.3, 0.4) is 0 Å². The lowest BCUT2D eigenvalue weighted by Crippen LogP contribution is -2.64. The van der Waals surface area contributed by atoms with Crippen molar-refractivity contribution in [1.82, 2.24) is 10.6 Å². The summed E-state index contributed by atoms with van der Waals surface area (Å²) in [5.74, 6) is 0. The zero-order chi connectivity index (χ0) is 12.3. The molecule has 0 radical (unpaired) electrons. The lowest BCUT2D eigenvalue weighted by molar-refractivity contribution is -0.252. The molecule has 1 heterocycles. The molecular weight excluding hydrogens is 220 g/mol. The van der Waals surface area contributed by atoms with Crippen LogP contribution >= 0.6 is 0 Å². The van der Waals surface area contributed by atoms with Gasteiger partial charge < -0.3 is 35.8 Å². The Balaban J connectivity index is 2.67. The van der Waals surface area contributed by atoms with Gasteiger partial charge in [0.1, 0.15) is 24.4 Å². The fourth-order valence-corrected chi connectivity index (χ4v) is 1.48. The first kappa shape index (κ1) is 13.1. The Morgan fingerprint density at radius 1 is 1.31 bits per heavy atom. The minimum atomic E-state index is -1.49. The van der Waals surface area contributed by atoms with Gasteiger partial charge in [-0.15, -0.1) is 0 Å². The number of urea groups is 1. The summed E-state index contributed by atoms with van der Waals surface area (Å²) in [5, 5.41) is 41.8. The van der Waals surface area contributed by atoms with Gasteiger partial charge in [-0.05, 0) is 0 Å². The molecule has 1 fully saturated rings. The number of hydrogen-bond acceptors (Lipinski definition) is 6. The Hall–Kier alpha value is -0.930. The topological polar surface area (TPSA) is 131 Å². The van der Waals surface area contributed by atoms with Crippen LogP contribution in [0.2, 0.25) is 0 Å². The van der Waals surface area contributed by atoms with Crippen molar-refractivity contribution in [3.05, 3.63) is 0 Å². The third-order valence-corrected chi connectivity index (χ3v) is 2.42. The number of carbonyl (C=O) groups is 1. The number of aliphatic hydroxyl groups is 4. The van der Waals surface area contributed by atoms with Crippen molar-refractivity contribution < 1.29 is 30.0 Å². The summed E-state index contributed by atoms with van der Waals surface area (Å²) in [6.45, 7) is -0.540. The minimum absolute atomic E-state index is 0.540. The van der Waals surface area contributed by atoms with Gasteiger partial charge in [-0.1, -0.05) is 0 Å². The second kappa shape index (κ2) is 5.41. The molecule has 94 valence electrons. The predicted molar refractivity (Wildman–Crippen MR) is 51.4 cm³/mol. The van der Waals surface area contributed by atoms with Crippen molar-refractivity contribution >= 4 is 6.03 Å². The first-order chi connectivity index (χ1) is 7.51. The van der Waals surface area contributed by atoms with Crippen LogP contribution in [0.5, 0.6) is 0 Å². The monoisotopic (exact) mass is 236 g/mol. The molecule has 8 heteroatoms. The van der Waals surface area contributed by atoms with E-state index in [-0.39, 0.29) is 0 Å². The Kier molecular flexibility index (Phi) is 4.44. The lowest BCUT2D eigenvalue weighted by atomic mass is 9.97. The van der Waals surface area contributed by atoms with Gasteiger partial charge in [-0.3, -0.25) is 0 Å². The molecule has 1 rings (SSSR count). The van der Waals surface area contributed by atoms with E-state index in [4.69, 9.17) is 9.84 Å². The third kappa shape index (κ3) is 2.60. The van der Waals surface area contributed by atoms with Crippen molar-refractivity contribution in [2.24, 2.45) is 0 Å². The first-order valence-electron chi connectivity index (χ1n) is 4.80. The maximum absolute atomic E-state index is 11.0. The Morgan fingerprint density at radius 3 is 2.44 bits per heavy atom. The number of ether oxygens (including phenoxy) is 1. The highest BCUT2D eigenvalue weighted by Gasteiger charge is 2.44. The van der Waals surface area contributed by atoms with Gasteiger partial charge in [0.15, 0.2) is 6.29 Å². The molecule has 8 nitrogen and oxygen atoms in total. The molecule has 0 bridgehead atoms. The van der Waals surface area contributed by atoms with Gasteiger partial charge in [-0.25, -0.2) is 4.79 Å². The quantitative estimate of drug-likeness (QED) is 0.298. The maximum Gasteiger partial charge on any atom is 0.315 e. The molecule has 0 spiro atoms. The second-order valence-corrected chi connectivity index (χ2v) is 3.48. The molecule has 16 heavy (non-hydrogen) atoms. The lowest BCUT2D eigenvalue weighted by Gasteiger charge is -2.40. The van der Waals surface area contributed by atoms with Crippen molar-refractivity contribution in [2.45, 2.75) is 30.6 Å². The van der Waals surface area contributed by atoms with Crippen LogP contribution in [-0.4, -0.2) is 70.8 Å². The number of amides is 2. The summed E-state index contributed by atoms with van der Waals surface area (Å²) in [4.78, 5) is 11.0. The standard InChI is InChI=1S/C8H16N2O6/c1-9-8(15)10-4-6(13)5(12)3(2-11)16-7(4)14/h3-7,11-14H,2H2,1H3,(H2,9,10,15). The smallest absolute Gasteiger partial charge is 0.315 e. The largest absolute Gasteiger partial charge is 0.394 e. The van der Waals surface area contributed by atoms with Crippen molar-refractivity contribution in [3.8, 4) is 0 Å². The van der Waals surface area contributed by atoms with Crippen molar-refractivity contribution in [1.29, 1.82) is 0 Å². The van der Waals surface area contributed by atoms with E-state index in [0.717, 1.165) is 0 Å². The summed E-state index contributed by atoms with van der Waals surface area (Å²) in [6, 6.07) is -1.78. The maximum atomic E-state index is 11.0. The van der Waals surface area contributed by atoms with Gasteiger partial charge in [0, 0.05) is 7.05 Å². The molecule has 1 aliphatic heterocycles. The van der Waals surface area contributed by atoms with Gasteiger partial charge in [0.05, 0.1) is 6.61 Å². The molecule has 0 aromatic heterocycles. The number of nitrogens with one attached hydrogen (secondary N) is 2. The van der Waals surface area contributed by atoms with E-state index in [1.54, 1.807) is 0 Å². The average molecular weight is 236 g/mol. The van der Waals surface area contributed by atoms with Crippen LogP contribution in [0.25, 0.3) is 0 Å². The van der Waals surface area contributed by atoms with E-state index in [1.165, 1.54) is 7.05 Å². The van der Waals surface area contributed by atoms with Gasteiger partial charge in [-0.2, -0.15) is 0 Å². The van der Waals surface area contributed by atoms with Crippen molar-refractivity contribution in [3.63, 3.8) is 0 Å². The number of rotatable bonds is 2. The van der Waals surface area contributed by atoms with E-state index in [2.05, 4.69) is 10.6 Å². The summed E-state index contributed by atoms with van der Waals surface area (Å²) in [6.07, 6.45) is -5.37. The van der Waals surface area contributed by atoms with E-state index >= 15 is 0 Å². The summed E-state index contributed by atoms with van der Waals surface area (Å²) in [7, 11) is 1.37. The third-order valence-electron chi connectivity index (χ3n) is 2.42. The predicted octanol–water partition coefficient (Wildman–Crippen LogP) is -3.28. The molecule has 0 saturated carbocycles. The molecule has 0 aromatic rings. The van der Waals surface area contributed by atoms with Crippen LogP contribution in [0, 0.1) is 0 Å². The number of carbonyl (C=O) groups excluding carboxylic acids is 1. The normalized spacial score (nSPS) is 39.2. The molecule has 2 amide bonds. The summed E-state index contributed by atoms with van der Waals surface area (Å²) in [5.41, 5.74) is 0. The van der Waals surface area contributed by atoms with Crippen molar-refractivity contribution in [2.75, 3.05) is 13.7 Å². The minimum Gasteiger partial charge on any atom is -0.394 e. The van der Waals surface area contributed by atoms with Crippen LogP contribution < -0.4 is 10.6 Å². The van der Waals surface area contributed by atoms with Gasteiger partial charge in [0.2, 0.25) is 0 Å². The summed E-state index contributed by atoms with van der Waals surface area (Å²) < 4.78 is 4.83. The fourth-order valence-electron chi connectivity index (χ4n) is 1.48. The molecule has 5 unspecified atom stereocenters. The number of aliphatic hydroxyl groups excluding tert-OH is 4. The molecule has 1 saturated heterocycles. The summed E-state index contributed by atoms with van der Waals surface area (Å²) >= 11 is 0. The van der Waals surface area contributed by atoms with E-state index in [1.807, 2.05) is 0 Å². The van der Waals surface area contributed by atoms with E-state index in [0.29, 0.717) is 0 Å². The van der Waals surface area contributed by atoms with Gasteiger partial charge in [0.25, 0.3) is 0 Å². The Bertz CT molecular complexity index is 251. The van der Waals surface area contributed by atoms with Crippen LogP contribution in [-0.2, 0) is 4.74 Å². The zero-order valence-corrected chi connectivity index (χ0v) is 8.70. The molecule has 1 aliphatic rings. The molecule has 6 N–H and O–H groups in total. The van der Waals surface area contributed by atoms with E-state index < -0.39 is 43.3 Å². The molecule has 0 aromatic carbocycles. The van der Waals surface area contributed by atoms with Crippen LogP contribution in [0.15, 0.2) is 0 Å².